The third-order valence-electron chi connectivity index (χ3n) is 4.02. The SMILES string of the molecule is CC1=C(F)CC(C(F)(F)F)=C(F)C(C)=C1F.COCc1cccc(C(F)(F)F)c1.FCC(F)F. The smallest absolute Gasteiger partial charge is 0.380 e. The summed E-state index contributed by atoms with van der Waals surface area (Å²) in [6.07, 6.45) is -13.3. The van der Waals surface area contributed by atoms with Gasteiger partial charge in [0.15, 0.2) is 6.67 Å². The monoisotopic (exact) mass is 516 g/mol. The first-order valence-corrected chi connectivity index (χ1v) is 9.14. The van der Waals surface area contributed by atoms with Gasteiger partial charge in [-0.15, -0.1) is 0 Å². The van der Waals surface area contributed by atoms with Crippen molar-refractivity contribution in [3.05, 3.63) is 69.6 Å². The molecule has 2 rings (SSSR count). The summed E-state index contributed by atoms with van der Waals surface area (Å²) in [5.41, 5.74) is -3.21. The maximum Gasteiger partial charge on any atom is 0.416 e. The first kappa shape index (κ1) is 31.6. The fourth-order valence-corrected chi connectivity index (χ4v) is 2.32. The van der Waals surface area contributed by atoms with Gasteiger partial charge in [0.25, 0.3) is 6.43 Å². The van der Waals surface area contributed by atoms with Gasteiger partial charge in [0.05, 0.1) is 17.7 Å². The van der Waals surface area contributed by atoms with Gasteiger partial charge in [-0.1, -0.05) is 12.1 Å². The van der Waals surface area contributed by atoms with Crippen LogP contribution in [0, 0.1) is 0 Å². The van der Waals surface area contributed by atoms with Crippen molar-refractivity contribution in [1.82, 2.24) is 0 Å². The zero-order valence-corrected chi connectivity index (χ0v) is 18.0. The van der Waals surface area contributed by atoms with Crippen LogP contribution < -0.4 is 0 Å². The summed E-state index contributed by atoms with van der Waals surface area (Å²) in [7, 11) is 1.44. The van der Waals surface area contributed by atoms with E-state index in [1.807, 2.05) is 0 Å². The molecule has 0 heterocycles. The van der Waals surface area contributed by atoms with Crippen LogP contribution in [0.1, 0.15) is 31.4 Å². The second-order valence-corrected chi connectivity index (χ2v) is 6.61. The molecule has 1 aromatic rings. The molecule has 0 unspecified atom stereocenters. The van der Waals surface area contributed by atoms with Gasteiger partial charge in [-0.3, -0.25) is 0 Å². The Labute approximate surface area is 187 Å². The number of ether oxygens (including phenoxy) is 1. The molecule has 194 valence electrons. The largest absolute Gasteiger partial charge is 0.416 e. The molecule has 0 atom stereocenters. The summed E-state index contributed by atoms with van der Waals surface area (Å²) in [6.45, 7) is 0.489. The summed E-state index contributed by atoms with van der Waals surface area (Å²) in [6, 6.07) is 5.10. The number of alkyl halides is 9. The highest BCUT2D eigenvalue weighted by Crippen LogP contribution is 2.41. The van der Waals surface area contributed by atoms with Crippen LogP contribution >= 0.6 is 0 Å². The van der Waals surface area contributed by atoms with Crippen LogP contribution in [0.15, 0.2) is 58.5 Å². The maximum atomic E-state index is 13.3. The van der Waals surface area contributed by atoms with Crippen molar-refractivity contribution in [3.63, 3.8) is 0 Å². The minimum Gasteiger partial charge on any atom is -0.380 e. The van der Waals surface area contributed by atoms with Crippen molar-refractivity contribution in [2.24, 2.45) is 0 Å². The molecule has 0 aliphatic heterocycles. The molecule has 0 saturated heterocycles. The minimum absolute atomic E-state index is 0.198. The molecular weight excluding hydrogens is 496 g/mol. The molecule has 1 aromatic carbocycles. The van der Waals surface area contributed by atoms with Gasteiger partial charge < -0.3 is 4.74 Å². The molecule has 0 radical (unpaired) electrons. The zero-order valence-electron chi connectivity index (χ0n) is 18.0. The predicted octanol–water partition coefficient (Wildman–Crippen LogP) is 8.74. The molecule has 0 saturated carbocycles. The lowest BCUT2D eigenvalue weighted by Crippen LogP contribution is -2.13. The Morgan fingerprint density at radius 1 is 0.882 bits per heavy atom. The maximum absolute atomic E-state index is 13.3. The highest BCUT2D eigenvalue weighted by molar-refractivity contribution is 5.45. The van der Waals surface area contributed by atoms with Crippen molar-refractivity contribution in [3.8, 4) is 0 Å². The molecule has 0 N–H and O–H groups in total. The van der Waals surface area contributed by atoms with Crippen LogP contribution in [0.25, 0.3) is 0 Å². The Morgan fingerprint density at radius 3 is 1.82 bits per heavy atom. The number of allylic oxidation sites excluding steroid dienone is 6. The molecule has 0 spiro atoms. The average Bonchev–Trinajstić information content (AvgIpc) is 2.81. The molecule has 1 aliphatic carbocycles. The van der Waals surface area contributed by atoms with Gasteiger partial charge in [-0.05, 0) is 31.5 Å². The number of methoxy groups -OCH3 is 1. The lowest BCUT2D eigenvalue weighted by atomic mass is 10.1. The van der Waals surface area contributed by atoms with Crippen LogP contribution in [0.2, 0.25) is 0 Å². The Bertz CT molecular complexity index is 892. The van der Waals surface area contributed by atoms with E-state index >= 15 is 0 Å². The van der Waals surface area contributed by atoms with E-state index < -0.39 is 71.6 Å². The van der Waals surface area contributed by atoms with Gasteiger partial charge in [0.2, 0.25) is 0 Å². The van der Waals surface area contributed by atoms with Crippen molar-refractivity contribution >= 4 is 0 Å². The van der Waals surface area contributed by atoms with E-state index in [-0.39, 0.29) is 6.61 Å². The molecule has 34 heavy (non-hydrogen) atoms. The van der Waals surface area contributed by atoms with Gasteiger partial charge in [-0.2, -0.15) is 26.3 Å². The summed E-state index contributed by atoms with van der Waals surface area (Å²) >= 11 is 0. The lowest BCUT2D eigenvalue weighted by molar-refractivity contribution is -0.137. The third-order valence-corrected chi connectivity index (χ3v) is 4.02. The summed E-state index contributed by atoms with van der Waals surface area (Å²) < 4.78 is 149. The first-order valence-electron chi connectivity index (χ1n) is 9.14. The minimum atomic E-state index is -5.01. The van der Waals surface area contributed by atoms with E-state index in [1.165, 1.54) is 13.2 Å². The van der Waals surface area contributed by atoms with E-state index in [1.54, 1.807) is 6.07 Å². The molecule has 0 aromatic heterocycles. The fraction of sp³-hybridized carbons (Fsp3) is 0.429. The molecular formula is C21H20F12O. The Balaban J connectivity index is 0.000000543. The normalized spacial score (nSPS) is 15.1. The van der Waals surface area contributed by atoms with Crippen molar-refractivity contribution in [2.45, 2.75) is 45.7 Å². The lowest BCUT2D eigenvalue weighted by Gasteiger charge is -2.11. The first-order chi connectivity index (χ1) is 15.5. The van der Waals surface area contributed by atoms with Gasteiger partial charge in [0, 0.05) is 24.7 Å². The fourth-order valence-electron chi connectivity index (χ4n) is 2.32. The molecule has 1 nitrogen and oxygen atoms in total. The Hall–Kier alpha value is -2.44. The highest BCUT2D eigenvalue weighted by Gasteiger charge is 2.40. The van der Waals surface area contributed by atoms with E-state index in [2.05, 4.69) is 0 Å². The predicted molar refractivity (Wildman–Crippen MR) is 101 cm³/mol. The summed E-state index contributed by atoms with van der Waals surface area (Å²) in [5.74, 6) is -4.33. The van der Waals surface area contributed by atoms with E-state index in [9.17, 15) is 52.7 Å². The molecule has 0 fully saturated rings. The van der Waals surface area contributed by atoms with Crippen LogP contribution in [-0.4, -0.2) is 26.4 Å². The summed E-state index contributed by atoms with van der Waals surface area (Å²) in [4.78, 5) is 0. The van der Waals surface area contributed by atoms with E-state index in [0.717, 1.165) is 26.0 Å². The Kier molecular flexibility index (Phi) is 12.5. The number of benzene rings is 1. The van der Waals surface area contributed by atoms with E-state index in [4.69, 9.17) is 4.74 Å². The summed E-state index contributed by atoms with van der Waals surface area (Å²) in [5, 5.41) is 0. The molecule has 0 bridgehead atoms. The van der Waals surface area contributed by atoms with E-state index in [0.29, 0.717) is 5.56 Å². The third kappa shape index (κ3) is 10.2. The quantitative estimate of drug-likeness (QED) is 0.365. The molecule has 13 heteroatoms. The molecule has 0 amide bonds. The Morgan fingerprint density at radius 2 is 1.41 bits per heavy atom. The van der Waals surface area contributed by atoms with Gasteiger partial charge in [0.1, 0.15) is 17.5 Å². The van der Waals surface area contributed by atoms with Crippen LogP contribution in [0.4, 0.5) is 52.7 Å². The second-order valence-electron chi connectivity index (χ2n) is 6.61. The highest BCUT2D eigenvalue weighted by atomic mass is 19.4. The van der Waals surface area contributed by atoms with Crippen LogP contribution in [0.5, 0.6) is 0 Å². The molecule has 1 aliphatic rings. The zero-order chi connectivity index (χ0) is 26.9. The number of hydrogen-bond acceptors (Lipinski definition) is 1. The van der Waals surface area contributed by atoms with Crippen molar-refractivity contribution < 1.29 is 57.4 Å². The average molecular weight is 516 g/mol. The standard InChI is InChI=1S/C10H8F6.C9H9F3O.C2H3F3/c1-4-7(11)3-6(10(14,15)16)9(13)5(2)8(4)12;1-13-6-7-3-2-4-8(5-7)9(10,11)12;3-1-2(4)5/h3H2,1-2H3;2-5H,6H2,1H3;2H,1H2. The van der Waals surface area contributed by atoms with Gasteiger partial charge >= 0.3 is 12.4 Å². The van der Waals surface area contributed by atoms with Crippen molar-refractivity contribution in [1.29, 1.82) is 0 Å². The van der Waals surface area contributed by atoms with Crippen LogP contribution in [0.3, 0.4) is 0 Å². The topological polar surface area (TPSA) is 9.23 Å². The van der Waals surface area contributed by atoms with Crippen LogP contribution in [-0.2, 0) is 17.5 Å². The number of hydrogen-bond donors (Lipinski definition) is 0. The van der Waals surface area contributed by atoms with Crippen molar-refractivity contribution in [2.75, 3.05) is 13.8 Å². The second kappa shape index (κ2) is 13.4. The number of halogens is 12. The van der Waals surface area contributed by atoms with Gasteiger partial charge in [-0.25, -0.2) is 26.3 Å². The number of rotatable bonds is 3.